The Bertz CT molecular complexity index is 380. The van der Waals surface area contributed by atoms with Crippen molar-refractivity contribution >= 4 is 5.91 Å². The van der Waals surface area contributed by atoms with E-state index in [1.165, 1.54) is 0 Å². The summed E-state index contributed by atoms with van der Waals surface area (Å²) in [5.41, 5.74) is 7.81. The van der Waals surface area contributed by atoms with Gasteiger partial charge in [-0.05, 0) is 16.5 Å². The molecule has 1 rings (SSSR count). The number of benzene rings is 1. The van der Waals surface area contributed by atoms with Gasteiger partial charge in [-0.2, -0.15) is 0 Å². The van der Waals surface area contributed by atoms with Gasteiger partial charge in [-0.15, -0.1) is 0 Å². The minimum absolute atomic E-state index is 0.0563. The molecule has 0 saturated carbocycles. The number of carbonyl (C=O) groups is 1. The van der Waals surface area contributed by atoms with Crippen LogP contribution in [-0.2, 0) is 17.8 Å². The third kappa shape index (κ3) is 5.00. The van der Waals surface area contributed by atoms with Gasteiger partial charge in [0.15, 0.2) is 0 Å². The van der Waals surface area contributed by atoms with Crippen molar-refractivity contribution in [1.29, 1.82) is 0 Å². The number of amides is 1. The molecule has 0 radical (unpaired) electrons. The Morgan fingerprint density at radius 1 is 1.24 bits per heavy atom. The molecule has 0 aliphatic heterocycles. The largest absolute Gasteiger partial charge is 0.355 e. The Hall–Kier alpha value is -1.35. The summed E-state index contributed by atoms with van der Waals surface area (Å²) in [6, 6.07) is 7.80. The van der Waals surface area contributed by atoms with Gasteiger partial charge in [-0.1, -0.05) is 45.0 Å². The van der Waals surface area contributed by atoms with Crippen molar-refractivity contribution in [1.82, 2.24) is 5.32 Å². The van der Waals surface area contributed by atoms with Crippen molar-refractivity contribution in [2.24, 2.45) is 11.1 Å². The van der Waals surface area contributed by atoms with E-state index in [2.05, 4.69) is 26.1 Å². The van der Waals surface area contributed by atoms with E-state index in [4.69, 9.17) is 5.73 Å². The van der Waals surface area contributed by atoms with Gasteiger partial charge < -0.3 is 11.1 Å². The highest BCUT2D eigenvalue weighted by atomic mass is 16.1. The first kappa shape index (κ1) is 13.7. The fourth-order valence-corrected chi connectivity index (χ4v) is 1.53. The summed E-state index contributed by atoms with van der Waals surface area (Å²) in [5, 5.41) is 2.94. The fourth-order valence-electron chi connectivity index (χ4n) is 1.53. The highest BCUT2D eigenvalue weighted by molar-refractivity contribution is 5.78. The van der Waals surface area contributed by atoms with Crippen molar-refractivity contribution in [2.45, 2.75) is 33.7 Å². The molecule has 0 bridgehead atoms. The van der Waals surface area contributed by atoms with Crippen LogP contribution < -0.4 is 11.1 Å². The first-order chi connectivity index (χ1) is 7.92. The highest BCUT2D eigenvalue weighted by Gasteiger charge is 2.12. The Morgan fingerprint density at radius 3 is 2.35 bits per heavy atom. The lowest BCUT2D eigenvalue weighted by Gasteiger charge is -2.19. The molecular weight excluding hydrogens is 212 g/mol. The molecule has 1 aromatic carbocycles. The molecule has 0 atom stereocenters. The number of carbonyl (C=O) groups excluding carboxylic acids is 1. The Kier molecular flexibility index (Phi) is 4.70. The molecule has 94 valence electrons. The predicted octanol–water partition coefficient (Wildman–Crippen LogP) is 1.85. The van der Waals surface area contributed by atoms with Gasteiger partial charge in [-0.3, -0.25) is 4.79 Å². The van der Waals surface area contributed by atoms with Crippen LogP contribution in [0.1, 0.15) is 31.9 Å². The number of hydrogen-bond acceptors (Lipinski definition) is 2. The minimum Gasteiger partial charge on any atom is -0.355 e. The van der Waals surface area contributed by atoms with Gasteiger partial charge in [0.05, 0.1) is 6.42 Å². The monoisotopic (exact) mass is 234 g/mol. The number of hydrogen-bond donors (Lipinski definition) is 2. The van der Waals surface area contributed by atoms with Crippen molar-refractivity contribution in [3.05, 3.63) is 35.4 Å². The zero-order valence-electron chi connectivity index (χ0n) is 10.9. The summed E-state index contributed by atoms with van der Waals surface area (Å²) < 4.78 is 0. The van der Waals surface area contributed by atoms with Crippen LogP contribution in [0.25, 0.3) is 0 Å². The van der Waals surface area contributed by atoms with Gasteiger partial charge >= 0.3 is 0 Å². The van der Waals surface area contributed by atoms with E-state index < -0.39 is 0 Å². The van der Waals surface area contributed by atoms with Gasteiger partial charge in [-0.25, -0.2) is 0 Å². The lowest BCUT2D eigenvalue weighted by atomic mass is 9.96. The third-order valence-electron chi connectivity index (χ3n) is 2.51. The zero-order chi connectivity index (χ0) is 12.9. The average molecular weight is 234 g/mol. The number of rotatable bonds is 4. The molecule has 0 heterocycles. The van der Waals surface area contributed by atoms with Crippen LogP contribution in [0.3, 0.4) is 0 Å². The molecule has 0 aromatic heterocycles. The summed E-state index contributed by atoms with van der Waals surface area (Å²) in [6.45, 7) is 7.46. The molecule has 3 N–H and O–H groups in total. The van der Waals surface area contributed by atoms with Crippen LogP contribution in [0, 0.1) is 5.41 Å². The predicted molar refractivity (Wildman–Crippen MR) is 70.5 cm³/mol. The maximum Gasteiger partial charge on any atom is 0.224 e. The van der Waals surface area contributed by atoms with Crippen molar-refractivity contribution in [3.63, 3.8) is 0 Å². The standard InChI is InChI=1S/C14H22N2O/c1-14(2,3)10-16-13(17)8-11-6-4-5-7-12(11)9-15/h4-7H,8-10,15H2,1-3H3,(H,16,17). The van der Waals surface area contributed by atoms with E-state index in [-0.39, 0.29) is 11.3 Å². The first-order valence-corrected chi connectivity index (χ1v) is 5.96. The van der Waals surface area contributed by atoms with E-state index in [9.17, 15) is 4.79 Å². The molecule has 0 spiro atoms. The van der Waals surface area contributed by atoms with Gasteiger partial charge in [0, 0.05) is 13.1 Å². The second kappa shape index (κ2) is 5.82. The summed E-state index contributed by atoms with van der Waals surface area (Å²) >= 11 is 0. The van der Waals surface area contributed by atoms with E-state index in [0.29, 0.717) is 19.5 Å². The Labute approximate surface area is 103 Å². The average Bonchev–Trinajstić information content (AvgIpc) is 2.26. The molecule has 3 nitrogen and oxygen atoms in total. The van der Waals surface area contributed by atoms with Crippen LogP contribution in [0.2, 0.25) is 0 Å². The molecule has 0 fully saturated rings. The molecule has 0 unspecified atom stereocenters. The van der Waals surface area contributed by atoms with Crippen LogP contribution in [0.5, 0.6) is 0 Å². The second-order valence-corrected chi connectivity index (χ2v) is 5.49. The maximum absolute atomic E-state index is 11.8. The van der Waals surface area contributed by atoms with Crippen molar-refractivity contribution in [3.8, 4) is 0 Å². The lowest BCUT2D eigenvalue weighted by molar-refractivity contribution is -0.120. The number of nitrogens with two attached hydrogens (primary N) is 1. The Balaban J connectivity index is 2.56. The quantitative estimate of drug-likeness (QED) is 0.835. The second-order valence-electron chi connectivity index (χ2n) is 5.49. The van der Waals surface area contributed by atoms with Crippen LogP contribution in [0.15, 0.2) is 24.3 Å². The van der Waals surface area contributed by atoms with Crippen LogP contribution >= 0.6 is 0 Å². The molecule has 17 heavy (non-hydrogen) atoms. The molecule has 0 aliphatic carbocycles. The molecule has 1 aromatic rings. The highest BCUT2D eigenvalue weighted by Crippen LogP contribution is 2.11. The normalized spacial score (nSPS) is 11.3. The zero-order valence-corrected chi connectivity index (χ0v) is 10.9. The van der Waals surface area contributed by atoms with Crippen molar-refractivity contribution in [2.75, 3.05) is 6.54 Å². The van der Waals surface area contributed by atoms with E-state index in [1.807, 2.05) is 24.3 Å². The molecule has 3 heteroatoms. The summed E-state index contributed by atoms with van der Waals surface area (Å²) in [6.07, 6.45) is 0.406. The Morgan fingerprint density at radius 2 is 1.82 bits per heavy atom. The van der Waals surface area contributed by atoms with Gasteiger partial charge in [0.1, 0.15) is 0 Å². The van der Waals surface area contributed by atoms with Gasteiger partial charge in [0.2, 0.25) is 5.91 Å². The van der Waals surface area contributed by atoms with Crippen LogP contribution in [-0.4, -0.2) is 12.5 Å². The van der Waals surface area contributed by atoms with Gasteiger partial charge in [0.25, 0.3) is 0 Å². The fraction of sp³-hybridized carbons (Fsp3) is 0.500. The number of nitrogens with one attached hydrogen (secondary N) is 1. The smallest absolute Gasteiger partial charge is 0.224 e. The molecule has 1 amide bonds. The van der Waals surface area contributed by atoms with E-state index in [1.54, 1.807) is 0 Å². The van der Waals surface area contributed by atoms with E-state index >= 15 is 0 Å². The summed E-state index contributed by atoms with van der Waals surface area (Å²) in [7, 11) is 0. The molecular formula is C14H22N2O. The minimum atomic E-state index is 0.0563. The summed E-state index contributed by atoms with van der Waals surface area (Å²) in [4.78, 5) is 11.8. The first-order valence-electron chi connectivity index (χ1n) is 5.96. The third-order valence-corrected chi connectivity index (χ3v) is 2.51. The van der Waals surface area contributed by atoms with Crippen LogP contribution in [0.4, 0.5) is 0 Å². The maximum atomic E-state index is 11.8. The van der Waals surface area contributed by atoms with E-state index in [0.717, 1.165) is 11.1 Å². The molecule has 0 saturated heterocycles. The summed E-state index contributed by atoms with van der Waals surface area (Å²) in [5.74, 6) is 0.0563. The topological polar surface area (TPSA) is 55.1 Å². The van der Waals surface area contributed by atoms with Crippen molar-refractivity contribution < 1.29 is 4.79 Å². The molecule has 0 aliphatic rings. The SMILES string of the molecule is CC(C)(C)CNC(=O)Cc1ccccc1CN. The lowest BCUT2D eigenvalue weighted by Crippen LogP contribution is -2.33.